The fourth-order valence-corrected chi connectivity index (χ4v) is 1.82. The van der Waals surface area contributed by atoms with Crippen molar-refractivity contribution < 1.29 is 9.90 Å². The number of benzene rings is 1. The van der Waals surface area contributed by atoms with Crippen molar-refractivity contribution in [3.05, 3.63) is 53.2 Å². The molecule has 106 valence electrons. The third-order valence-corrected chi connectivity index (χ3v) is 2.92. The summed E-state index contributed by atoms with van der Waals surface area (Å²) in [6, 6.07) is 6.60. The molecule has 0 heterocycles. The molecule has 1 aromatic carbocycles. The highest BCUT2D eigenvalue weighted by Gasteiger charge is 2.10. The summed E-state index contributed by atoms with van der Waals surface area (Å²) >= 11 is 0. The second-order valence-electron chi connectivity index (χ2n) is 4.34. The molecule has 2 amide bonds. The van der Waals surface area contributed by atoms with E-state index in [-0.39, 0.29) is 5.76 Å². The summed E-state index contributed by atoms with van der Waals surface area (Å²) in [6.45, 7) is 7.09. The molecular weight excluding hydrogens is 254 g/mol. The first-order chi connectivity index (χ1) is 9.36. The molecule has 0 aliphatic heterocycles. The van der Waals surface area contributed by atoms with Gasteiger partial charge < -0.3 is 16.2 Å². The summed E-state index contributed by atoms with van der Waals surface area (Å²) in [7, 11) is 1.66. The summed E-state index contributed by atoms with van der Waals surface area (Å²) in [5.41, 5.74) is 8.69. The number of nitrogens with one attached hydrogen (secondary N) is 1. The number of rotatable bonds is 4. The normalized spacial score (nSPS) is 12.7. The van der Waals surface area contributed by atoms with Crippen molar-refractivity contribution in [3.8, 4) is 0 Å². The summed E-state index contributed by atoms with van der Waals surface area (Å²) < 4.78 is 0. The number of amides is 2. The first kappa shape index (κ1) is 15.5. The van der Waals surface area contributed by atoms with E-state index in [1.54, 1.807) is 32.2 Å². The van der Waals surface area contributed by atoms with Crippen LogP contribution < -0.4 is 11.1 Å². The number of aliphatic imine (C=N–C) groups is 1. The zero-order valence-electron chi connectivity index (χ0n) is 11.9. The lowest BCUT2D eigenvalue weighted by molar-refractivity contribution is 0.251. The van der Waals surface area contributed by atoms with Crippen LogP contribution in [0.4, 0.5) is 4.79 Å². The van der Waals surface area contributed by atoms with E-state index >= 15 is 0 Å². The Morgan fingerprint density at radius 3 is 2.45 bits per heavy atom. The third-order valence-electron chi connectivity index (χ3n) is 2.92. The van der Waals surface area contributed by atoms with Gasteiger partial charge in [0.2, 0.25) is 0 Å². The summed E-state index contributed by atoms with van der Waals surface area (Å²) in [5, 5.41) is 12.0. The average Bonchev–Trinajstić information content (AvgIpc) is 2.39. The van der Waals surface area contributed by atoms with Gasteiger partial charge in [0.15, 0.2) is 0 Å². The predicted octanol–water partition coefficient (Wildman–Crippen LogP) is 2.60. The Balaban J connectivity index is 3.24. The second-order valence-corrected chi connectivity index (χ2v) is 4.34. The van der Waals surface area contributed by atoms with Gasteiger partial charge in [-0.05, 0) is 25.5 Å². The Bertz CT molecular complexity index is 601. The van der Waals surface area contributed by atoms with E-state index in [4.69, 9.17) is 5.73 Å². The number of aliphatic hydroxyl groups is 1. The van der Waals surface area contributed by atoms with Crippen molar-refractivity contribution in [1.29, 1.82) is 0 Å². The van der Waals surface area contributed by atoms with Crippen molar-refractivity contribution in [2.45, 2.75) is 13.8 Å². The molecular formula is C15H19N3O2. The van der Waals surface area contributed by atoms with E-state index in [1.165, 1.54) is 0 Å². The molecule has 0 bridgehead atoms. The highest BCUT2D eigenvalue weighted by molar-refractivity contribution is 6.13. The van der Waals surface area contributed by atoms with Gasteiger partial charge in [-0.1, -0.05) is 24.8 Å². The standard InChI is InChI=1S/C15H19N3O2/c1-9(10(2)18-15(16)20)14(17-4)13-7-5-6-12(8-13)11(3)19/h5-8,19H,3H2,1-2,4H3,(H3,16,18,20)/b10-9+,17-14?. The molecule has 0 aliphatic rings. The van der Waals surface area contributed by atoms with Crippen LogP contribution in [0.25, 0.3) is 5.76 Å². The maximum atomic E-state index is 10.9. The molecule has 0 radical (unpaired) electrons. The number of carbonyl (C=O) groups excluding carboxylic acids is 1. The van der Waals surface area contributed by atoms with E-state index in [2.05, 4.69) is 16.9 Å². The van der Waals surface area contributed by atoms with Crippen molar-refractivity contribution in [2.24, 2.45) is 10.7 Å². The largest absolute Gasteiger partial charge is 0.508 e. The summed E-state index contributed by atoms with van der Waals surface area (Å²) in [6.07, 6.45) is 0. The van der Waals surface area contributed by atoms with Gasteiger partial charge in [-0.15, -0.1) is 0 Å². The van der Waals surface area contributed by atoms with Crippen LogP contribution in [-0.2, 0) is 0 Å². The number of urea groups is 1. The molecule has 0 fully saturated rings. The number of allylic oxidation sites excluding steroid dienone is 2. The third kappa shape index (κ3) is 3.71. The van der Waals surface area contributed by atoms with Gasteiger partial charge >= 0.3 is 6.03 Å². The van der Waals surface area contributed by atoms with E-state index in [0.29, 0.717) is 17.0 Å². The first-order valence-electron chi connectivity index (χ1n) is 6.06. The van der Waals surface area contributed by atoms with Crippen LogP contribution in [0, 0.1) is 0 Å². The molecule has 20 heavy (non-hydrogen) atoms. The molecule has 0 aliphatic carbocycles. The fourth-order valence-electron chi connectivity index (χ4n) is 1.82. The van der Waals surface area contributed by atoms with Gasteiger partial charge in [0.25, 0.3) is 0 Å². The van der Waals surface area contributed by atoms with Crippen molar-refractivity contribution in [2.75, 3.05) is 7.05 Å². The van der Waals surface area contributed by atoms with Crippen molar-refractivity contribution >= 4 is 17.5 Å². The molecule has 5 heteroatoms. The Hall–Kier alpha value is -2.56. The molecule has 0 aromatic heterocycles. The topological polar surface area (TPSA) is 87.7 Å². The number of hydrogen-bond acceptors (Lipinski definition) is 3. The molecule has 1 aromatic rings. The molecule has 0 atom stereocenters. The maximum Gasteiger partial charge on any atom is 0.316 e. The zero-order valence-corrected chi connectivity index (χ0v) is 11.9. The van der Waals surface area contributed by atoms with E-state index < -0.39 is 6.03 Å². The molecule has 4 N–H and O–H groups in total. The minimum Gasteiger partial charge on any atom is -0.508 e. The van der Waals surface area contributed by atoms with Gasteiger partial charge in [0, 0.05) is 23.9 Å². The number of aliphatic hydroxyl groups excluding tert-OH is 1. The van der Waals surface area contributed by atoms with Crippen molar-refractivity contribution in [3.63, 3.8) is 0 Å². The molecule has 1 rings (SSSR count). The number of hydrogen-bond donors (Lipinski definition) is 3. The van der Waals surface area contributed by atoms with E-state index in [9.17, 15) is 9.90 Å². The predicted molar refractivity (Wildman–Crippen MR) is 81.7 cm³/mol. The van der Waals surface area contributed by atoms with E-state index in [0.717, 1.165) is 11.1 Å². The van der Waals surface area contributed by atoms with Crippen LogP contribution in [-0.4, -0.2) is 23.9 Å². The van der Waals surface area contributed by atoms with Gasteiger partial charge in [-0.2, -0.15) is 0 Å². The van der Waals surface area contributed by atoms with Gasteiger partial charge in [-0.25, -0.2) is 4.79 Å². The lowest BCUT2D eigenvalue weighted by Crippen LogP contribution is -2.29. The summed E-state index contributed by atoms with van der Waals surface area (Å²) in [5.74, 6) is -0.00378. The highest BCUT2D eigenvalue weighted by atomic mass is 16.3. The second kappa shape index (κ2) is 6.56. The van der Waals surface area contributed by atoms with Crippen LogP contribution in [0.2, 0.25) is 0 Å². The fraction of sp³-hybridized carbons (Fsp3) is 0.200. The van der Waals surface area contributed by atoms with Crippen molar-refractivity contribution in [1.82, 2.24) is 5.32 Å². The van der Waals surface area contributed by atoms with Gasteiger partial charge in [0.05, 0.1) is 5.71 Å². The number of nitrogens with zero attached hydrogens (tertiary/aromatic N) is 1. The Kier molecular flexibility index (Phi) is 5.08. The average molecular weight is 273 g/mol. The molecule has 0 spiro atoms. The minimum absolute atomic E-state index is 0.00378. The maximum absolute atomic E-state index is 10.9. The molecule has 0 saturated carbocycles. The van der Waals surface area contributed by atoms with Crippen LogP contribution in [0.3, 0.4) is 0 Å². The SMILES string of the molecule is C=C(O)c1cccc(C(=NC)/C(C)=C(\C)NC(N)=O)c1. The monoisotopic (exact) mass is 273 g/mol. The van der Waals surface area contributed by atoms with Crippen LogP contribution in [0.5, 0.6) is 0 Å². The first-order valence-corrected chi connectivity index (χ1v) is 6.06. The quantitative estimate of drug-likeness (QED) is 0.581. The van der Waals surface area contributed by atoms with Gasteiger partial charge in [0.1, 0.15) is 5.76 Å². The lowest BCUT2D eigenvalue weighted by Gasteiger charge is -2.12. The van der Waals surface area contributed by atoms with Crippen LogP contribution in [0.1, 0.15) is 25.0 Å². The molecule has 0 unspecified atom stereocenters. The Morgan fingerprint density at radius 2 is 1.95 bits per heavy atom. The highest BCUT2D eigenvalue weighted by Crippen LogP contribution is 2.16. The van der Waals surface area contributed by atoms with Crippen LogP contribution in [0.15, 0.2) is 47.1 Å². The summed E-state index contributed by atoms with van der Waals surface area (Å²) in [4.78, 5) is 15.1. The number of carbonyl (C=O) groups is 1. The Labute approximate surface area is 118 Å². The lowest BCUT2D eigenvalue weighted by atomic mass is 9.99. The Morgan fingerprint density at radius 1 is 1.35 bits per heavy atom. The smallest absolute Gasteiger partial charge is 0.316 e. The minimum atomic E-state index is -0.616. The van der Waals surface area contributed by atoms with Crippen LogP contribution >= 0.6 is 0 Å². The zero-order chi connectivity index (χ0) is 15.3. The van der Waals surface area contributed by atoms with E-state index in [1.807, 2.05) is 13.0 Å². The number of nitrogens with two attached hydrogens (primary N) is 1. The van der Waals surface area contributed by atoms with Gasteiger partial charge in [-0.3, -0.25) is 4.99 Å². The molecule has 0 saturated heterocycles. The molecule has 5 nitrogen and oxygen atoms in total. The number of primary amides is 1.